The Kier molecular flexibility index (Phi) is 5.32. The van der Waals surface area contributed by atoms with Crippen LogP contribution in [0.2, 0.25) is 0 Å². The number of amides is 1. The fraction of sp³-hybridized carbons (Fsp3) is 0.200. The third-order valence-corrected chi connectivity index (χ3v) is 4.58. The predicted molar refractivity (Wildman–Crippen MR) is 109 cm³/mol. The van der Waals surface area contributed by atoms with E-state index in [1.165, 1.54) is 13.2 Å². The number of nitrogens with one attached hydrogen (secondary N) is 3. The number of rotatable bonds is 4. The predicted octanol–water partition coefficient (Wildman–Crippen LogP) is 3.14. The van der Waals surface area contributed by atoms with Gasteiger partial charge in [0.15, 0.2) is 16.6 Å². The Morgan fingerprint density at radius 3 is 2.56 bits per heavy atom. The van der Waals surface area contributed by atoms with Crippen molar-refractivity contribution in [2.75, 3.05) is 12.4 Å². The van der Waals surface area contributed by atoms with Crippen molar-refractivity contribution < 1.29 is 14.6 Å². The molecule has 1 aliphatic heterocycles. The van der Waals surface area contributed by atoms with Gasteiger partial charge in [-0.2, -0.15) is 0 Å². The summed E-state index contributed by atoms with van der Waals surface area (Å²) in [5.41, 5.74) is 3.75. The van der Waals surface area contributed by atoms with Crippen LogP contribution in [0.1, 0.15) is 24.1 Å². The van der Waals surface area contributed by atoms with Crippen molar-refractivity contribution in [1.29, 1.82) is 0 Å². The number of anilines is 1. The lowest BCUT2D eigenvalue weighted by molar-refractivity contribution is -0.113. The number of thiocarbonyl (C=S) groups is 1. The number of allylic oxidation sites excluding steroid dienone is 1. The van der Waals surface area contributed by atoms with Gasteiger partial charge >= 0.3 is 0 Å². The quantitative estimate of drug-likeness (QED) is 0.607. The molecule has 7 heteroatoms. The maximum absolute atomic E-state index is 13.0. The van der Waals surface area contributed by atoms with Gasteiger partial charge in [0.2, 0.25) is 0 Å². The van der Waals surface area contributed by atoms with Gasteiger partial charge in [-0.3, -0.25) is 4.79 Å². The van der Waals surface area contributed by atoms with Gasteiger partial charge in [-0.15, -0.1) is 0 Å². The van der Waals surface area contributed by atoms with Crippen LogP contribution in [0.4, 0.5) is 5.69 Å². The minimum atomic E-state index is -0.473. The van der Waals surface area contributed by atoms with Crippen molar-refractivity contribution in [2.45, 2.75) is 19.9 Å². The molecule has 0 radical (unpaired) electrons. The highest BCUT2D eigenvalue weighted by molar-refractivity contribution is 7.80. The molecular formula is C20H21N3O3S. The smallest absolute Gasteiger partial charge is 0.255 e. The summed E-state index contributed by atoms with van der Waals surface area (Å²) in [5, 5.41) is 19.3. The number of phenols is 1. The summed E-state index contributed by atoms with van der Waals surface area (Å²) in [5.74, 6) is 0.120. The van der Waals surface area contributed by atoms with Crippen molar-refractivity contribution in [1.82, 2.24) is 10.6 Å². The van der Waals surface area contributed by atoms with Crippen LogP contribution in [0.15, 0.2) is 53.7 Å². The van der Waals surface area contributed by atoms with E-state index in [-0.39, 0.29) is 11.7 Å². The van der Waals surface area contributed by atoms with Crippen LogP contribution in [0, 0.1) is 6.92 Å². The normalized spacial score (nSPS) is 16.4. The lowest BCUT2D eigenvalue weighted by atomic mass is 9.94. The number of carbonyl (C=O) groups is 1. The van der Waals surface area contributed by atoms with Gasteiger partial charge < -0.3 is 25.8 Å². The number of hydrogen-bond donors (Lipinski definition) is 4. The van der Waals surface area contributed by atoms with Gasteiger partial charge in [0.1, 0.15) is 0 Å². The van der Waals surface area contributed by atoms with Gasteiger partial charge in [-0.25, -0.2) is 0 Å². The van der Waals surface area contributed by atoms with Crippen molar-refractivity contribution in [2.24, 2.45) is 0 Å². The molecule has 1 heterocycles. The largest absolute Gasteiger partial charge is 0.504 e. The second-order valence-corrected chi connectivity index (χ2v) is 6.73. The molecule has 0 saturated heterocycles. The van der Waals surface area contributed by atoms with E-state index in [0.29, 0.717) is 27.8 Å². The van der Waals surface area contributed by atoms with Crippen LogP contribution in [0.3, 0.4) is 0 Å². The van der Waals surface area contributed by atoms with Gasteiger partial charge in [-0.05, 0) is 55.9 Å². The minimum absolute atomic E-state index is 0.0316. The molecule has 0 unspecified atom stereocenters. The first-order valence-corrected chi connectivity index (χ1v) is 8.83. The molecule has 3 rings (SSSR count). The Balaban J connectivity index is 1.96. The third kappa shape index (κ3) is 4.03. The molecule has 4 N–H and O–H groups in total. The van der Waals surface area contributed by atoms with Crippen molar-refractivity contribution in [3.05, 3.63) is 64.9 Å². The standard InChI is InChI=1S/C20H21N3O3S/c1-11-4-7-14(8-5-11)22-19(25)17-12(2)21-20(27)23-18(17)13-6-9-15(24)16(10-13)26-3/h4-10,18,24H,1-3H3,(H,22,25)(H2,21,23,27)/t18-/m1/s1. The highest BCUT2D eigenvalue weighted by Gasteiger charge is 2.30. The Bertz CT molecular complexity index is 923. The van der Waals surface area contributed by atoms with Crippen LogP contribution in [0.5, 0.6) is 11.5 Å². The second-order valence-electron chi connectivity index (χ2n) is 6.32. The Labute approximate surface area is 163 Å². The summed E-state index contributed by atoms with van der Waals surface area (Å²) in [6, 6.07) is 12.1. The molecule has 1 atom stereocenters. The molecular weight excluding hydrogens is 362 g/mol. The lowest BCUT2D eigenvalue weighted by Crippen LogP contribution is -2.45. The summed E-state index contributed by atoms with van der Waals surface area (Å²) >= 11 is 5.26. The number of hydrogen-bond acceptors (Lipinski definition) is 4. The zero-order chi connectivity index (χ0) is 19.6. The van der Waals surface area contributed by atoms with E-state index < -0.39 is 6.04 Å². The van der Waals surface area contributed by atoms with E-state index in [1.807, 2.05) is 38.1 Å². The summed E-state index contributed by atoms with van der Waals surface area (Å²) < 4.78 is 5.19. The molecule has 1 amide bonds. The van der Waals surface area contributed by atoms with E-state index in [0.717, 1.165) is 11.1 Å². The van der Waals surface area contributed by atoms with Gasteiger partial charge in [0.05, 0.1) is 18.7 Å². The van der Waals surface area contributed by atoms with Crippen LogP contribution < -0.4 is 20.7 Å². The molecule has 0 fully saturated rings. The van der Waals surface area contributed by atoms with Crippen molar-refractivity contribution in [3.63, 3.8) is 0 Å². The van der Waals surface area contributed by atoms with Crippen molar-refractivity contribution >= 4 is 28.9 Å². The maximum Gasteiger partial charge on any atom is 0.255 e. The van der Waals surface area contributed by atoms with Gasteiger partial charge in [0.25, 0.3) is 5.91 Å². The zero-order valence-electron chi connectivity index (χ0n) is 15.3. The highest BCUT2D eigenvalue weighted by Crippen LogP contribution is 2.33. The zero-order valence-corrected chi connectivity index (χ0v) is 16.1. The topological polar surface area (TPSA) is 82.6 Å². The summed E-state index contributed by atoms with van der Waals surface area (Å²) in [6.07, 6.45) is 0. The highest BCUT2D eigenvalue weighted by atomic mass is 32.1. The summed E-state index contributed by atoms with van der Waals surface area (Å²) in [7, 11) is 1.48. The molecule has 6 nitrogen and oxygen atoms in total. The van der Waals surface area contributed by atoms with E-state index in [9.17, 15) is 9.90 Å². The molecule has 27 heavy (non-hydrogen) atoms. The fourth-order valence-electron chi connectivity index (χ4n) is 2.95. The lowest BCUT2D eigenvalue weighted by Gasteiger charge is -2.30. The van der Waals surface area contributed by atoms with Crippen LogP contribution in [0.25, 0.3) is 0 Å². The third-order valence-electron chi connectivity index (χ3n) is 4.36. The van der Waals surface area contributed by atoms with Crippen molar-refractivity contribution in [3.8, 4) is 11.5 Å². The molecule has 0 aromatic heterocycles. The SMILES string of the molecule is COc1cc([C@H]2NC(=S)NC(C)=C2C(=O)Nc2ccc(C)cc2)ccc1O. The maximum atomic E-state index is 13.0. The average molecular weight is 383 g/mol. The second kappa shape index (κ2) is 7.67. The van der Waals surface area contributed by atoms with Gasteiger partial charge in [0, 0.05) is 11.4 Å². The summed E-state index contributed by atoms with van der Waals surface area (Å²) in [6.45, 7) is 3.80. The molecule has 140 valence electrons. The molecule has 0 bridgehead atoms. The first-order chi connectivity index (χ1) is 12.9. The van der Waals surface area contributed by atoms with Gasteiger partial charge in [-0.1, -0.05) is 23.8 Å². The first-order valence-electron chi connectivity index (χ1n) is 8.42. The number of aryl methyl sites for hydroxylation is 1. The number of benzene rings is 2. The number of carbonyl (C=O) groups excluding carboxylic acids is 1. The Hall–Kier alpha value is -3.06. The van der Waals surface area contributed by atoms with E-state index in [1.54, 1.807) is 12.1 Å². The number of aromatic hydroxyl groups is 1. The number of methoxy groups -OCH3 is 1. The van der Waals surface area contributed by atoms with E-state index in [2.05, 4.69) is 16.0 Å². The number of phenolic OH excluding ortho intramolecular Hbond substituents is 1. The minimum Gasteiger partial charge on any atom is -0.504 e. The Morgan fingerprint density at radius 2 is 1.89 bits per heavy atom. The molecule has 0 spiro atoms. The molecule has 0 aliphatic carbocycles. The molecule has 2 aromatic rings. The molecule has 0 saturated carbocycles. The molecule has 1 aliphatic rings. The average Bonchev–Trinajstić information content (AvgIpc) is 2.63. The van der Waals surface area contributed by atoms with Crippen LogP contribution in [-0.4, -0.2) is 23.2 Å². The van der Waals surface area contributed by atoms with Crippen LogP contribution in [-0.2, 0) is 4.79 Å². The monoisotopic (exact) mass is 383 g/mol. The van der Waals surface area contributed by atoms with E-state index >= 15 is 0 Å². The first kappa shape index (κ1) is 18.7. The van der Waals surface area contributed by atoms with Crippen LogP contribution >= 0.6 is 12.2 Å². The number of ether oxygens (including phenoxy) is 1. The Morgan fingerprint density at radius 1 is 1.19 bits per heavy atom. The molecule has 2 aromatic carbocycles. The van der Waals surface area contributed by atoms with E-state index in [4.69, 9.17) is 17.0 Å². The fourth-order valence-corrected chi connectivity index (χ4v) is 3.22. The summed E-state index contributed by atoms with van der Waals surface area (Å²) in [4.78, 5) is 13.0.